The summed E-state index contributed by atoms with van der Waals surface area (Å²) in [5.74, 6) is 1.29. The number of methoxy groups -OCH3 is 1. The molecule has 0 spiro atoms. The van der Waals surface area contributed by atoms with Gasteiger partial charge in [-0.2, -0.15) is 0 Å². The van der Waals surface area contributed by atoms with E-state index in [4.69, 9.17) is 4.74 Å². The Balaban J connectivity index is 2.04. The minimum Gasteiger partial charge on any atom is -0.497 e. The molecule has 2 aromatic carbocycles. The molecule has 2 aromatic rings. The minimum absolute atomic E-state index is 0.357. The molecule has 0 N–H and O–H groups in total. The van der Waals surface area contributed by atoms with Gasteiger partial charge in [-0.25, -0.2) is 0 Å². The van der Waals surface area contributed by atoms with Gasteiger partial charge in [0.15, 0.2) is 0 Å². The van der Waals surface area contributed by atoms with Crippen molar-refractivity contribution >= 4 is 15.9 Å². The van der Waals surface area contributed by atoms with Gasteiger partial charge in [-0.3, -0.25) is 4.90 Å². The van der Waals surface area contributed by atoms with Crippen molar-refractivity contribution in [2.45, 2.75) is 12.3 Å². The molecule has 0 bridgehead atoms. The van der Waals surface area contributed by atoms with E-state index in [0.29, 0.717) is 5.92 Å². The molecule has 2 nitrogen and oxygen atoms in total. The van der Waals surface area contributed by atoms with Crippen LogP contribution in [0.4, 0.5) is 0 Å². The Kier molecular flexibility index (Phi) is 5.19. The number of hydrogen-bond acceptors (Lipinski definition) is 2. The molecule has 0 aliphatic carbocycles. The van der Waals surface area contributed by atoms with E-state index in [-0.39, 0.29) is 0 Å². The van der Waals surface area contributed by atoms with Crippen molar-refractivity contribution < 1.29 is 4.74 Å². The maximum absolute atomic E-state index is 5.46. The van der Waals surface area contributed by atoms with Crippen LogP contribution in [0, 0.1) is 0 Å². The predicted octanol–water partition coefficient (Wildman–Crippen LogP) is 4.63. The van der Waals surface area contributed by atoms with Crippen molar-refractivity contribution in [3.63, 3.8) is 0 Å². The van der Waals surface area contributed by atoms with Crippen LogP contribution in [0.15, 0.2) is 59.6 Å². The lowest BCUT2D eigenvalue weighted by atomic mass is 9.88. The number of halogens is 1. The Morgan fingerprint density at radius 1 is 1.26 bits per heavy atom. The second-order valence-electron chi connectivity index (χ2n) is 5.97. The fraction of sp³-hybridized carbons (Fsp3) is 0.300. The summed E-state index contributed by atoms with van der Waals surface area (Å²) in [6, 6.07) is 15.2. The highest BCUT2D eigenvalue weighted by Gasteiger charge is 2.24. The normalized spacial score (nSPS) is 18.1. The third-order valence-corrected chi connectivity index (χ3v) is 5.05. The fourth-order valence-electron chi connectivity index (χ4n) is 3.31. The number of benzene rings is 2. The van der Waals surface area contributed by atoms with Crippen LogP contribution in [0.3, 0.4) is 0 Å². The third kappa shape index (κ3) is 3.67. The molecule has 0 saturated heterocycles. The topological polar surface area (TPSA) is 12.5 Å². The molecule has 0 fully saturated rings. The van der Waals surface area contributed by atoms with Crippen molar-refractivity contribution in [3.05, 3.63) is 76.3 Å². The average molecular weight is 372 g/mol. The fourth-order valence-corrected chi connectivity index (χ4v) is 3.57. The molecule has 1 unspecified atom stereocenters. The monoisotopic (exact) mass is 371 g/mol. The first-order valence-electron chi connectivity index (χ1n) is 7.97. The van der Waals surface area contributed by atoms with E-state index in [1.807, 2.05) is 6.08 Å². The van der Waals surface area contributed by atoms with Crippen molar-refractivity contribution in [2.24, 2.45) is 0 Å². The molecule has 0 radical (unpaired) electrons. The van der Waals surface area contributed by atoms with Gasteiger partial charge in [0.1, 0.15) is 5.75 Å². The van der Waals surface area contributed by atoms with E-state index in [1.54, 1.807) is 7.11 Å². The molecule has 1 aliphatic rings. The summed E-state index contributed by atoms with van der Waals surface area (Å²) in [5.41, 5.74) is 4.15. The summed E-state index contributed by atoms with van der Waals surface area (Å²) >= 11 is 3.53. The summed E-state index contributed by atoms with van der Waals surface area (Å²) in [4.78, 5) is 2.48. The molecule has 23 heavy (non-hydrogen) atoms. The van der Waals surface area contributed by atoms with Crippen molar-refractivity contribution in [3.8, 4) is 5.75 Å². The second kappa shape index (κ2) is 7.33. The SMILES string of the molecule is C=CCN1CCc2ccc(OC)cc2C(c2ccc(Br)cc2)C1. The zero-order chi connectivity index (χ0) is 16.2. The molecule has 1 atom stereocenters. The maximum atomic E-state index is 5.46. The highest BCUT2D eigenvalue weighted by molar-refractivity contribution is 9.10. The predicted molar refractivity (Wildman–Crippen MR) is 99.3 cm³/mol. The Bertz CT molecular complexity index is 681. The molecular formula is C20H22BrNO. The number of rotatable bonds is 4. The standard InChI is InChI=1S/C20H22BrNO/c1-3-11-22-12-10-16-6-9-18(23-2)13-19(16)20(14-22)15-4-7-17(21)8-5-15/h3-9,13,20H,1,10-12,14H2,2H3. The molecule has 3 heteroatoms. The van der Waals surface area contributed by atoms with Crippen LogP contribution in [-0.4, -0.2) is 31.6 Å². The summed E-state index contributed by atoms with van der Waals surface area (Å²) in [6.07, 6.45) is 3.06. The minimum atomic E-state index is 0.357. The van der Waals surface area contributed by atoms with Gasteiger partial charge in [-0.1, -0.05) is 40.2 Å². The lowest BCUT2D eigenvalue weighted by Gasteiger charge is -2.24. The molecule has 0 saturated carbocycles. The van der Waals surface area contributed by atoms with E-state index >= 15 is 0 Å². The van der Waals surface area contributed by atoms with E-state index in [2.05, 4.69) is 69.9 Å². The van der Waals surface area contributed by atoms with Crippen molar-refractivity contribution in [1.82, 2.24) is 4.90 Å². The van der Waals surface area contributed by atoms with Crippen LogP contribution >= 0.6 is 15.9 Å². The number of fused-ring (bicyclic) bond motifs is 1. The molecule has 0 amide bonds. The van der Waals surface area contributed by atoms with Crippen molar-refractivity contribution in [2.75, 3.05) is 26.7 Å². The Morgan fingerprint density at radius 2 is 2.04 bits per heavy atom. The van der Waals surface area contributed by atoms with Gasteiger partial charge in [0, 0.05) is 30.0 Å². The van der Waals surface area contributed by atoms with Crippen LogP contribution < -0.4 is 4.74 Å². The number of nitrogens with zero attached hydrogens (tertiary/aromatic N) is 1. The van der Waals surface area contributed by atoms with E-state index in [9.17, 15) is 0 Å². The summed E-state index contributed by atoms with van der Waals surface area (Å²) in [7, 11) is 1.73. The van der Waals surface area contributed by atoms with Gasteiger partial charge in [0.05, 0.1) is 7.11 Å². The van der Waals surface area contributed by atoms with Crippen LogP contribution in [0.2, 0.25) is 0 Å². The lowest BCUT2D eigenvalue weighted by molar-refractivity contribution is 0.306. The molecule has 1 aliphatic heterocycles. The maximum Gasteiger partial charge on any atom is 0.119 e. The quantitative estimate of drug-likeness (QED) is 0.726. The van der Waals surface area contributed by atoms with E-state index in [1.165, 1.54) is 16.7 Å². The van der Waals surface area contributed by atoms with Gasteiger partial charge in [-0.05, 0) is 47.4 Å². The van der Waals surface area contributed by atoms with Crippen LogP contribution in [0.1, 0.15) is 22.6 Å². The number of hydrogen-bond donors (Lipinski definition) is 0. The van der Waals surface area contributed by atoms with Gasteiger partial charge < -0.3 is 4.74 Å². The smallest absolute Gasteiger partial charge is 0.119 e. The summed E-state index contributed by atoms with van der Waals surface area (Å²) < 4.78 is 6.58. The van der Waals surface area contributed by atoms with Gasteiger partial charge in [0.2, 0.25) is 0 Å². The Morgan fingerprint density at radius 3 is 2.74 bits per heavy atom. The Hall–Kier alpha value is -1.58. The first kappa shape index (κ1) is 16.3. The third-order valence-electron chi connectivity index (χ3n) is 4.53. The van der Waals surface area contributed by atoms with Crippen LogP contribution in [0.5, 0.6) is 5.75 Å². The van der Waals surface area contributed by atoms with Gasteiger partial charge in [-0.15, -0.1) is 6.58 Å². The summed E-state index contributed by atoms with van der Waals surface area (Å²) in [6.45, 7) is 6.91. The lowest BCUT2D eigenvalue weighted by Crippen LogP contribution is -2.28. The highest BCUT2D eigenvalue weighted by Crippen LogP contribution is 2.34. The molecular weight excluding hydrogens is 350 g/mol. The molecule has 3 rings (SSSR count). The van der Waals surface area contributed by atoms with Gasteiger partial charge in [0.25, 0.3) is 0 Å². The largest absolute Gasteiger partial charge is 0.497 e. The molecule has 120 valence electrons. The van der Waals surface area contributed by atoms with Crippen LogP contribution in [0.25, 0.3) is 0 Å². The van der Waals surface area contributed by atoms with Gasteiger partial charge >= 0.3 is 0 Å². The van der Waals surface area contributed by atoms with Crippen LogP contribution in [-0.2, 0) is 6.42 Å². The van der Waals surface area contributed by atoms with Crippen molar-refractivity contribution in [1.29, 1.82) is 0 Å². The van der Waals surface area contributed by atoms with E-state index in [0.717, 1.165) is 36.3 Å². The summed E-state index contributed by atoms with van der Waals surface area (Å²) in [5, 5.41) is 0. The highest BCUT2D eigenvalue weighted by atomic mass is 79.9. The first-order valence-corrected chi connectivity index (χ1v) is 8.76. The van der Waals surface area contributed by atoms with E-state index < -0.39 is 0 Å². The number of ether oxygens (including phenoxy) is 1. The first-order chi connectivity index (χ1) is 11.2. The second-order valence-corrected chi connectivity index (χ2v) is 6.88. The average Bonchev–Trinajstić information content (AvgIpc) is 2.75. The zero-order valence-electron chi connectivity index (χ0n) is 13.5. The Labute approximate surface area is 146 Å². The molecule has 1 heterocycles. The molecule has 0 aromatic heterocycles. The zero-order valence-corrected chi connectivity index (χ0v) is 15.1.